The highest BCUT2D eigenvalue weighted by Crippen LogP contribution is 2.21. The molecule has 146 valence electrons. The molecule has 0 radical (unpaired) electrons. The van der Waals surface area contributed by atoms with Crippen molar-refractivity contribution < 1.29 is 14.4 Å². The zero-order chi connectivity index (χ0) is 19.2. The SMILES string of the molecule is NCCNC(=O)C1CCCN(C(=O)c2cccc(NC(=O)NC3CC3)c2)C1. The van der Waals surface area contributed by atoms with Gasteiger partial charge in [0.25, 0.3) is 5.91 Å². The molecular weight excluding hydrogens is 346 g/mol. The first-order valence-corrected chi connectivity index (χ1v) is 9.51. The van der Waals surface area contributed by atoms with E-state index in [9.17, 15) is 14.4 Å². The van der Waals surface area contributed by atoms with Gasteiger partial charge in [-0.25, -0.2) is 4.79 Å². The van der Waals surface area contributed by atoms with E-state index in [0.29, 0.717) is 37.4 Å². The van der Waals surface area contributed by atoms with E-state index in [4.69, 9.17) is 5.73 Å². The second kappa shape index (κ2) is 8.85. The summed E-state index contributed by atoms with van der Waals surface area (Å²) in [4.78, 5) is 38.6. The highest BCUT2D eigenvalue weighted by molar-refractivity contribution is 5.97. The second-order valence-electron chi connectivity index (χ2n) is 7.12. The molecular formula is C19H27N5O3. The number of carbonyl (C=O) groups excluding carboxylic acids is 3. The van der Waals surface area contributed by atoms with Crippen molar-refractivity contribution in [1.82, 2.24) is 15.5 Å². The number of piperidine rings is 1. The number of nitrogens with one attached hydrogen (secondary N) is 3. The Labute approximate surface area is 158 Å². The van der Waals surface area contributed by atoms with Crippen LogP contribution in [0.15, 0.2) is 24.3 Å². The van der Waals surface area contributed by atoms with E-state index in [1.165, 1.54) is 0 Å². The lowest BCUT2D eigenvalue weighted by Gasteiger charge is -2.32. The Hall–Kier alpha value is -2.61. The van der Waals surface area contributed by atoms with E-state index in [0.717, 1.165) is 25.7 Å². The molecule has 1 aromatic carbocycles. The van der Waals surface area contributed by atoms with E-state index in [-0.39, 0.29) is 29.8 Å². The molecule has 1 saturated heterocycles. The largest absolute Gasteiger partial charge is 0.355 e. The van der Waals surface area contributed by atoms with Crippen molar-refractivity contribution in [2.24, 2.45) is 11.7 Å². The molecule has 0 spiro atoms. The molecule has 2 aliphatic rings. The Kier molecular flexibility index (Phi) is 6.28. The molecule has 1 aliphatic carbocycles. The summed E-state index contributed by atoms with van der Waals surface area (Å²) < 4.78 is 0. The minimum atomic E-state index is -0.253. The van der Waals surface area contributed by atoms with Crippen LogP contribution in [0.5, 0.6) is 0 Å². The minimum Gasteiger partial charge on any atom is -0.355 e. The van der Waals surface area contributed by atoms with Gasteiger partial charge in [-0.3, -0.25) is 9.59 Å². The molecule has 1 atom stereocenters. The molecule has 5 N–H and O–H groups in total. The van der Waals surface area contributed by atoms with Gasteiger partial charge >= 0.3 is 6.03 Å². The van der Waals surface area contributed by atoms with Crippen molar-refractivity contribution in [3.63, 3.8) is 0 Å². The summed E-state index contributed by atoms with van der Waals surface area (Å²) in [7, 11) is 0. The Morgan fingerprint density at radius 3 is 2.74 bits per heavy atom. The second-order valence-corrected chi connectivity index (χ2v) is 7.12. The molecule has 3 rings (SSSR count). The number of nitrogens with zero attached hydrogens (tertiary/aromatic N) is 1. The number of likely N-dealkylation sites (tertiary alicyclic amines) is 1. The molecule has 27 heavy (non-hydrogen) atoms. The topological polar surface area (TPSA) is 117 Å². The molecule has 1 heterocycles. The number of benzene rings is 1. The van der Waals surface area contributed by atoms with Gasteiger partial charge < -0.3 is 26.6 Å². The van der Waals surface area contributed by atoms with Crippen LogP contribution < -0.4 is 21.7 Å². The normalized spacial score (nSPS) is 19.3. The average molecular weight is 373 g/mol. The van der Waals surface area contributed by atoms with Crippen LogP contribution in [0.4, 0.5) is 10.5 Å². The summed E-state index contributed by atoms with van der Waals surface area (Å²) in [5.74, 6) is -0.387. The predicted molar refractivity (Wildman–Crippen MR) is 102 cm³/mol. The smallest absolute Gasteiger partial charge is 0.319 e. The van der Waals surface area contributed by atoms with Crippen molar-refractivity contribution in [3.05, 3.63) is 29.8 Å². The van der Waals surface area contributed by atoms with Gasteiger partial charge in [0.2, 0.25) is 5.91 Å². The fraction of sp³-hybridized carbons (Fsp3) is 0.526. The third-order valence-corrected chi connectivity index (χ3v) is 4.80. The first-order valence-electron chi connectivity index (χ1n) is 9.51. The molecule has 8 nitrogen and oxygen atoms in total. The number of urea groups is 1. The summed E-state index contributed by atoms with van der Waals surface area (Å²) in [6, 6.07) is 6.91. The maximum atomic E-state index is 12.9. The van der Waals surface area contributed by atoms with E-state index in [1.54, 1.807) is 29.2 Å². The molecule has 1 saturated carbocycles. The number of anilines is 1. The standard InChI is InChI=1S/C19H27N5O3/c20-8-9-21-17(25)14-4-2-10-24(12-14)18(26)13-3-1-5-16(11-13)23-19(27)22-15-6-7-15/h1,3,5,11,14-15H,2,4,6-10,12,20H2,(H,21,25)(H2,22,23,27). The van der Waals surface area contributed by atoms with Crippen LogP contribution in [0.25, 0.3) is 0 Å². The lowest BCUT2D eigenvalue weighted by molar-refractivity contribution is -0.126. The molecule has 1 aromatic rings. The third-order valence-electron chi connectivity index (χ3n) is 4.80. The zero-order valence-electron chi connectivity index (χ0n) is 15.4. The van der Waals surface area contributed by atoms with E-state index < -0.39 is 0 Å². The number of amides is 4. The van der Waals surface area contributed by atoms with Crippen LogP contribution in [-0.2, 0) is 4.79 Å². The van der Waals surface area contributed by atoms with Gasteiger partial charge in [0.15, 0.2) is 0 Å². The number of hydrogen-bond acceptors (Lipinski definition) is 4. The van der Waals surface area contributed by atoms with Gasteiger partial charge in [-0.2, -0.15) is 0 Å². The van der Waals surface area contributed by atoms with Crippen LogP contribution in [0.2, 0.25) is 0 Å². The van der Waals surface area contributed by atoms with Crippen molar-refractivity contribution in [1.29, 1.82) is 0 Å². The highest BCUT2D eigenvalue weighted by atomic mass is 16.2. The van der Waals surface area contributed by atoms with Crippen molar-refractivity contribution >= 4 is 23.5 Å². The third kappa shape index (κ3) is 5.43. The minimum absolute atomic E-state index is 0.0508. The Balaban J connectivity index is 1.59. The average Bonchev–Trinajstić information content (AvgIpc) is 3.49. The monoisotopic (exact) mass is 373 g/mol. The molecule has 1 aliphatic heterocycles. The van der Waals surface area contributed by atoms with Gasteiger partial charge in [0, 0.05) is 43.5 Å². The molecule has 1 unspecified atom stereocenters. The molecule has 0 aromatic heterocycles. The number of hydrogen-bond donors (Lipinski definition) is 4. The maximum Gasteiger partial charge on any atom is 0.319 e. The van der Waals surface area contributed by atoms with Crippen LogP contribution in [0.3, 0.4) is 0 Å². The van der Waals surface area contributed by atoms with Crippen LogP contribution in [0.1, 0.15) is 36.0 Å². The van der Waals surface area contributed by atoms with E-state index >= 15 is 0 Å². The fourth-order valence-corrected chi connectivity index (χ4v) is 3.21. The summed E-state index contributed by atoms with van der Waals surface area (Å²) in [6.45, 7) is 1.86. The number of nitrogens with two attached hydrogens (primary N) is 1. The lowest BCUT2D eigenvalue weighted by atomic mass is 9.96. The maximum absolute atomic E-state index is 12.9. The zero-order valence-corrected chi connectivity index (χ0v) is 15.4. The van der Waals surface area contributed by atoms with E-state index in [1.807, 2.05) is 0 Å². The summed E-state index contributed by atoms with van der Waals surface area (Å²) >= 11 is 0. The summed E-state index contributed by atoms with van der Waals surface area (Å²) in [5, 5.41) is 8.41. The lowest BCUT2D eigenvalue weighted by Crippen LogP contribution is -2.46. The van der Waals surface area contributed by atoms with Gasteiger partial charge in [-0.05, 0) is 43.9 Å². The van der Waals surface area contributed by atoms with Crippen molar-refractivity contribution in [3.8, 4) is 0 Å². The fourth-order valence-electron chi connectivity index (χ4n) is 3.21. The Morgan fingerprint density at radius 1 is 1.19 bits per heavy atom. The van der Waals surface area contributed by atoms with E-state index in [2.05, 4.69) is 16.0 Å². The molecule has 4 amide bonds. The predicted octanol–water partition coefficient (Wildman–Crippen LogP) is 0.898. The van der Waals surface area contributed by atoms with Crippen molar-refractivity contribution in [2.45, 2.75) is 31.7 Å². The van der Waals surface area contributed by atoms with Gasteiger partial charge in [0.1, 0.15) is 0 Å². The summed E-state index contributed by atoms with van der Waals surface area (Å²) in [5.41, 5.74) is 6.50. The summed E-state index contributed by atoms with van der Waals surface area (Å²) in [6.07, 6.45) is 3.58. The molecule has 8 heteroatoms. The highest BCUT2D eigenvalue weighted by Gasteiger charge is 2.29. The van der Waals surface area contributed by atoms with Crippen molar-refractivity contribution in [2.75, 3.05) is 31.5 Å². The van der Waals surface area contributed by atoms with Gasteiger partial charge in [-0.15, -0.1) is 0 Å². The Morgan fingerprint density at radius 2 is 2.00 bits per heavy atom. The van der Waals surface area contributed by atoms with Crippen LogP contribution in [0, 0.1) is 5.92 Å². The number of rotatable bonds is 6. The number of carbonyl (C=O) groups is 3. The van der Waals surface area contributed by atoms with Gasteiger partial charge in [-0.1, -0.05) is 6.07 Å². The van der Waals surface area contributed by atoms with Crippen LogP contribution in [-0.4, -0.2) is 55.0 Å². The van der Waals surface area contributed by atoms with Crippen LogP contribution >= 0.6 is 0 Å². The van der Waals surface area contributed by atoms with Gasteiger partial charge in [0.05, 0.1) is 5.92 Å². The quantitative estimate of drug-likeness (QED) is 0.593. The first-order chi connectivity index (χ1) is 13.1. The first kappa shape index (κ1) is 19.2. The molecule has 0 bridgehead atoms. The Bertz CT molecular complexity index is 704. The molecule has 2 fully saturated rings.